The number of fused-ring (bicyclic) bond motifs is 1. The number of nitrogens with one attached hydrogen (secondary N) is 1. The van der Waals surface area contributed by atoms with Crippen molar-refractivity contribution in [2.24, 2.45) is 7.05 Å². The molecular formula is C17H18BrN5O3. The highest BCUT2D eigenvalue weighted by molar-refractivity contribution is 9.10. The quantitative estimate of drug-likeness (QED) is 0.746. The Labute approximate surface area is 158 Å². The highest BCUT2D eigenvalue weighted by Crippen LogP contribution is 2.25. The lowest BCUT2D eigenvalue weighted by Crippen LogP contribution is -2.49. The van der Waals surface area contributed by atoms with Crippen molar-refractivity contribution >= 4 is 44.7 Å². The van der Waals surface area contributed by atoms with Crippen LogP contribution in [0.5, 0.6) is 0 Å². The lowest BCUT2D eigenvalue weighted by atomic mass is 10.0. The van der Waals surface area contributed by atoms with Gasteiger partial charge in [0.1, 0.15) is 5.69 Å². The Bertz CT molecular complexity index is 901. The van der Waals surface area contributed by atoms with Gasteiger partial charge in [-0.15, -0.1) is 0 Å². The molecule has 1 aromatic carbocycles. The third-order valence-electron chi connectivity index (χ3n) is 4.99. The molecule has 2 saturated heterocycles. The number of imide groups is 1. The van der Waals surface area contributed by atoms with Gasteiger partial charge in [0.15, 0.2) is 0 Å². The van der Waals surface area contributed by atoms with Crippen LogP contribution in [0, 0.1) is 0 Å². The van der Waals surface area contributed by atoms with Crippen LogP contribution in [0.4, 0.5) is 4.79 Å². The molecule has 136 valence electrons. The standard InChI is InChI=1S/C17H18BrN5O3/c1-21-15(12-3-2-10(18)8-13(12)20-21)16(25)22-6-4-11(5-7-22)23-14(24)9-19-17(23)26/h2-3,8,11H,4-7,9H2,1H3,(H,19,26). The number of carbonyl (C=O) groups excluding carboxylic acids is 3. The molecule has 0 atom stereocenters. The Kier molecular flexibility index (Phi) is 4.18. The smallest absolute Gasteiger partial charge is 0.324 e. The highest BCUT2D eigenvalue weighted by Gasteiger charge is 2.37. The van der Waals surface area contributed by atoms with Gasteiger partial charge in [0, 0.05) is 36.0 Å². The number of amides is 4. The molecule has 1 aromatic heterocycles. The lowest BCUT2D eigenvalue weighted by molar-refractivity contribution is -0.127. The first-order valence-corrected chi connectivity index (χ1v) is 9.26. The number of hydrogen-bond acceptors (Lipinski definition) is 4. The zero-order valence-corrected chi connectivity index (χ0v) is 15.8. The number of halogens is 1. The minimum absolute atomic E-state index is 0.0640. The lowest BCUT2D eigenvalue weighted by Gasteiger charge is -2.35. The average Bonchev–Trinajstić information content (AvgIpc) is 3.12. The van der Waals surface area contributed by atoms with Crippen molar-refractivity contribution in [1.29, 1.82) is 0 Å². The summed E-state index contributed by atoms with van der Waals surface area (Å²) >= 11 is 3.42. The summed E-state index contributed by atoms with van der Waals surface area (Å²) in [6.07, 6.45) is 1.18. The van der Waals surface area contributed by atoms with E-state index in [1.54, 1.807) is 16.6 Å². The second kappa shape index (κ2) is 6.39. The largest absolute Gasteiger partial charge is 0.337 e. The second-order valence-corrected chi connectivity index (χ2v) is 7.50. The molecule has 9 heteroatoms. The van der Waals surface area contributed by atoms with Crippen molar-refractivity contribution < 1.29 is 14.4 Å². The van der Waals surface area contributed by atoms with E-state index in [1.807, 2.05) is 18.2 Å². The van der Waals surface area contributed by atoms with Crippen molar-refractivity contribution in [1.82, 2.24) is 24.9 Å². The molecule has 8 nitrogen and oxygen atoms in total. The summed E-state index contributed by atoms with van der Waals surface area (Å²) in [5.41, 5.74) is 1.32. The maximum atomic E-state index is 13.0. The summed E-state index contributed by atoms with van der Waals surface area (Å²) in [5, 5.41) is 7.78. The number of hydrogen-bond donors (Lipinski definition) is 1. The van der Waals surface area contributed by atoms with E-state index in [4.69, 9.17) is 0 Å². The van der Waals surface area contributed by atoms with E-state index in [-0.39, 0.29) is 30.4 Å². The Morgan fingerprint density at radius 3 is 2.65 bits per heavy atom. The van der Waals surface area contributed by atoms with Crippen LogP contribution in [0.25, 0.3) is 10.9 Å². The molecule has 2 aliphatic rings. The summed E-state index contributed by atoms with van der Waals surface area (Å²) in [5.74, 6) is -0.268. The first-order chi connectivity index (χ1) is 12.5. The van der Waals surface area contributed by atoms with Gasteiger partial charge in [-0.25, -0.2) is 4.79 Å². The molecule has 2 aliphatic heterocycles. The molecule has 2 aromatic rings. The van der Waals surface area contributed by atoms with E-state index < -0.39 is 0 Å². The zero-order chi connectivity index (χ0) is 18.4. The van der Waals surface area contributed by atoms with E-state index >= 15 is 0 Å². The fourth-order valence-corrected chi connectivity index (χ4v) is 4.06. The first-order valence-electron chi connectivity index (χ1n) is 8.47. The van der Waals surface area contributed by atoms with Gasteiger partial charge >= 0.3 is 6.03 Å². The van der Waals surface area contributed by atoms with Gasteiger partial charge in [0.2, 0.25) is 5.91 Å². The fraction of sp³-hybridized carbons (Fsp3) is 0.412. The van der Waals surface area contributed by atoms with Crippen LogP contribution in [0.15, 0.2) is 22.7 Å². The number of aromatic nitrogens is 2. The minimum Gasteiger partial charge on any atom is -0.337 e. The number of piperidine rings is 1. The third-order valence-corrected chi connectivity index (χ3v) is 5.49. The number of urea groups is 1. The summed E-state index contributed by atoms with van der Waals surface area (Å²) in [6.45, 7) is 1.07. The molecule has 4 amide bonds. The summed E-state index contributed by atoms with van der Waals surface area (Å²) in [4.78, 5) is 39.8. The van der Waals surface area contributed by atoms with Crippen molar-refractivity contribution in [3.63, 3.8) is 0 Å². The second-order valence-electron chi connectivity index (χ2n) is 6.58. The van der Waals surface area contributed by atoms with Crippen LogP contribution in [-0.4, -0.2) is 63.1 Å². The number of aryl methyl sites for hydroxylation is 1. The minimum atomic E-state index is -0.331. The van der Waals surface area contributed by atoms with Gasteiger partial charge in [-0.3, -0.25) is 19.2 Å². The topological polar surface area (TPSA) is 87.5 Å². The zero-order valence-electron chi connectivity index (χ0n) is 14.2. The van der Waals surface area contributed by atoms with Crippen LogP contribution >= 0.6 is 15.9 Å². The van der Waals surface area contributed by atoms with Gasteiger partial charge in [-0.1, -0.05) is 15.9 Å². The number of nitrogens with zero attached hydrogens (tertiary/aromatic N) is 4. The van der Waals surface area contributed by atoms with Crippen LogP contribution in [0.1, 0.15) is 23.3 Å². The Hall–Kier alpha value is -2.42. The molecule has 0 bridgehead atoms. The van der Waals surface area contributed by atoms with Crippen molar-refractivity contribution in [3.05, 3.63) is 28.4 Å². The first kappa shape index (κ1) is 17.0. The monoisotopic (exact) mass is 419 g/mol. The average molecular weight is 420 g/mol. The molecule has 2 fully saturated rings. The van der Waals surface area contributed by atoms with Crippen LogP contribution in [-0.2, 0) is 11.8 Å². The summed E-state index contributed by atoms with van der Waals surface area (Å²) in [6, 6.07) is 5.19. The Balaban J connectivity index is 1.52. The highest BCUT2D eigenvalue weighted by atomic mass is 79.9. The van der Waals surface area contributed by atoms with Gasteiger partial charge in [-0.2, -0.15) is 5.10 Å². The number of likely N-dealkylation sites (tertiary alicyclic amines) is 1. The van der Waals surface area contributed by atoms with E-state index in [9.17, 15) is 14.4 Å². The summed E-state index contributed by atoms with van der Waals surface area (Å²) < 4.78 is 2.53. The van der Waals surface area contributed by atoms with Gasteiger partial charge in [0.05, 0.1) is 12.1 Å². The molecule has 4 rings (SSSR count). The Morgan fingerprint density at radius 1 is 1.27 bits per heavy atom. The van der Waals surface area contributed by atoms with Gasteiger partial charge in [-0.05, 0) is 31.0 Å². The summed E-state index contributed by atoms with van der Waals surface area (Å²) in [7, 11) is 1.77. The van der Waals surface area contributed by atoms with Crippen molar-refractivity contribution in [2.75, 3.05) is 19.6 Å². The predicted molar refractivity (Wildman–Crippen MR) is 97.6 cm³/mol. The molecule has 0 radical (unpaired) electrons. The van der Waals surface area contributed by atoms with E-state index in [2.05, 4.69) is 26.3 Å². The SMILES string of the molecule is Cn1nc2cc(Br)ccc2c1C(=O)N1CCC(N2C(=O)CNC2=O)CC1. The van der Waals surface area contributed by atoms with Crippen molar-refractivity contribution in [2.45, 2.75) is 18.9 Å². The molecule has 1 N–H and O–H groups in total. The van der Waals surface area contributed by atoms with Crippen LogP contribution < -0.4 is 5.32 Å². The normalized spacial score (nSPS) is 18.7. The molecule has 3 heterocycles. The number of benzene rings is 1. The molecule has 0 aliphatic carbocycles. The molecule has 0 saturated carbocycles. The van der Waals surface area contributed by atoms with Gasteiger partial charge < -0.3 is 10.2 Å². The fourth-order valence-electron chi connectivity index (χ4n) is 3.71. The van der Waals surface area contributed by atoms with E-state index in [1.165, 1.54) is 4.90 Å². The third kappa shape index (κ3) is 2.76. The molecule has 0 spiro atoms. The van der Waals surface area contributed by atoms with Crippen LogP contribution in [0.3, 0.4) is 0 Å². The number of carbonyl (C=O) groups is 3. The maximum Gasteiger partial charge on any atom is 0.324 e. The van der Waals surface area contributed by atoms with E-state index in [0.29, 0.717) is 31.6 Å². The molecule has 26 heavy (non-hydrogen) atoms. The van der Waals surface area contributed by atoms with Crippen LogP contribution in [0.2, 0.25) is 0 Å². The molecule has 0 unspecified atom stereocenters. The Morgan fingerprint density at radius 2 is 2.00 bits per heavy atom. The molecular weight excluding hydrogens is 402 g/mol. The van der Waals surface area contributed by atoms with E-state index in [0.717, 1.165) is 15.4 Å². The van der Waals surface area contributed by atoms with Crippen molar-refractivity contribution in [3.8, 4) is 0 Å². The van der Waals surface area contributed by atoms with Gasteiger partial charge in [0.25, 0.3) is 5.91 Å². The predicted octanol–water partition coefficient (Wildman–Crippen LogP) is 1.49. The number of rotatable bonds is 2. The maximum absolute atomic E-state index is 13.0.